The number of sulfonamides is 1. The molecular formula is C16H24N6O4S. The van der Waals surface area contributed by atoms with Gasteiger partial charge in [0.15, 0.2) is 5.03 Å². The SMILES string of the molecule is COc1nn(C)cc1C(=O)N1CCCN(S(=O)(=O)c2cn(C)c(C)n2)CC1. The van der Waals surface area contributed by atoms with Crippen molar-refractivity contribution in [2.24, 2.45) is 14.1 Å². The minimum Gasteiger partial charge on any atom is -0.479 e. The summed E-state index contributed by atoms with van der Waals surface area (Å²) in [5, 5.41) is 4.14. The van der Waals surface area contributed by atoms with Crippen LogP contribution in [-0.2, 0) is 24.1 Å². The van der Waals surface area contributed by atoms with Gasteiger partial charge >= 0.3 is 0 Å². The number of hydrogen-bond acceptors (Lipinski definition) is 6. The highest BCUT2D eigenvalue weighted by Crippen LogP contribution is 2.20. The van der Waals surface area contributed by atoms with Gasteiger partial charge in [-0.2, -0.15) is 4.31 Å². The Morgan fingerprint density at radius 3 is 2.52 bits per heavy atom. The van der Waals surface area contributed by atoms with E-state index < -0.39 is 10.0 Å². The monoisotopic (exact) mass is 396 g/mol. The Morgan fingerprint density at radius 1 is 1.15 bits per heavy atom. The maximum Gasteiger partial charge on any atom is 0.262 e. The molecule has 3 heterocycles. The summed E-state index contributed by atoms with van der Waals surface area (Å²) < 4.78 is 35.5. The van der Waals surface area contributed by atoms with Gasteiger partial charge in [0.2, 0.25) is 5.88 Å². The van der Waals surface area contributed by atoms with Crippen LogP contribution in [0.5, 0.6) is 5.88 Å². The highest BCUT2D eigenvalue weighted by molar-refractivity contribution is 7.89. The number of carbonyl (C=O) groups is 1. The summed E-state index contributed by atoms with van der Waals surface area (Å²) >= 11 is 0. The van der Waals surface area contributed by atoms with Gasteiger partial charge in [-0.05, 0) is 13.3 Å². The van der Waals surface area contributed by atoms with Gasteiger partial charge in [0.25, 0.3) is 15.9 Å². The normalized spacial score (nSPS) is 16.4. The third-order valence-corrected chi connectivity index (χ3v) is 6.42. The molecule has 0 bridgehead atoms. The predicted octanol–water partition coefficient (Wildman–Crippen LogP) is 0.00742. The maximum atomic E-state index is 12.9. The van der Waals surface area contributed by atoms with Crippen LogP contribution in [0, 0.1) is 6.92 Å². The van der Waals surface area contributed by atoms with Gasteiger partial charge in [-0.15, -0.1) is 5.10 Å². The van der Waals surface area contributed by atoms with Crippen molar-refractivity contribution in [3.8, 4) is 5.88 Å². The van der Waals surface area contributed by atoms with Gasteiger partial charge in [0, 0.05) is 52.7 Å². The summed E-state index contributed by atoms with van der Waals surface area (Å²) in [5.74, 6) is 0.678. The molecule has 0 unspecified atom stereocenters. The number of aromatic nitrogens is 4. The van der Waals surface area contributed by atoms with Crippen molar-refractivity contribution in [2.45, 2.75) is 18.4 Å². The van der Waals surface area contributed by atoms with Crippen molar-refractivity contribution in [2.75, 3.05) is 33.3 Å². The largest absolute Gasteiger partial charge is 0.479 e. The third-order valence-electron chi connectivity index (χ3n) is 4.65. The number of carbonyl (C=O) groups excluding carboxylic acids is 1. The van der Waals surface area contributed by atoms with E-state index in [0.717, 1.165) is 0 Å². The van der Waals surface area contributed by atoms with Gasteiger partial charge in [0.1, 0.15) is 11.4 Å². The molecule has 27 heavy (non-hydrogen) atoms. The van der Waals surface area contributed by atoms with E-state index in [1.807, 2.05) is 0 Å². The van der Waals surface area contributed by atoms with Crippen LogP contribution in [0.3, 0.4) is 0 Å². The number of hydrogen-bond donors (Lipinski definition) is 0. The Morgan fingerprint density at radius 2 is 1.89 bits per heavy atom. The molecule has 148 valence electrons. The van der Waals surface area contributed by atoms with Crippen LogP contribution in [-0.4, -0.2) is 76.2 Å². The molecule has 0 spiro atoms. The lowest BCUT2D eigenvalue weighted by Crippen LogP contribution is -2.37. The number of ether oxygens (including phenoxy) is 1. The molecule has 0 radical (unpaired) electrons. The lowest BCUT2D eigenvalue weighted by atomic mass is 10.2. The standard InChI is InChI=1S/C16H24N6O4S/c1-12-17-14(11-19(12)2)27(24,25)22-7-5-6-21(8-9-22)16(23)13-10-20(3)18-15(13)26-4/h10-11H,5-9H2,1-4H3. The summed E-state index contributed by atoms with van der Waals surface area (Å²) in [7, 11) is 1.24. The molecule has 1 amide bonds. The number of amides is 1. The summed E-state index contributed by atoms with van der Waals surface area (Å²) in [6.45, 7) is 3.06. The molecule has 1 aliphatic heterocycles. The van der Waals surface area contributed by atoms with E-state index in [4.69, 9.17) is 4.74 Å². The van der Waals surface area contributed by atoms with E-state index in [1.165, 1.54) is 22.3 Å². The van der Waals surface area contributed by atoms with E-state index in [9.17, 15) is 13.2 Å². The van der Waals surface area contributed by atoms with E-state index in [1.54, 1.807) is 36.7 Å². The fraction of sp³-hybridized carbons (Fsp3) is 0.562. The van der Waals surface area contributed by atoms with Crippen LogP contribution in [0.4, 0.5) is 0 Å². The second-order valence-electron chi connectivity index (χ2n) is 6.51. The lowest BCUT2D eigenvalue weighted by Gasteiger charge is -2.21. The van der Waals surface area contributed by atoms with Crippen LogP contribution in [0.1, 0.15) is 22.6 Å². The third kappa shape index (κ3) is 3.69. The molecular weight excluding hydrogens is 372 g/mol. The van der Waals surface area contributed by atoms with Crippen molar-refractivity contribution in [1.82, 2.24) is 28.5 Å². The Labute approximate surface area is 158 Å². The molecule has 2 aromatic heterocycles. The Hall–Kier alpha value is -2.40. The molecule has 3 rings (SSSR count). The molecule has 0 saturated carbocycles. The van der Waals surface area contributed by atoms with Gasteiger partial charge in [-0.25, -0.2) is 13.4 Å². The first-order chi connectivity index (χ1) is 12.7. The van der Waals surface area contributed by atoms with Crippen LogP contribution in [0.2, 0.25) is 0 Å². The second-order valence-corrected chi connectivity index (χ2v) is 8.40. The number of nitrogens with zero attached hydrogens (tertiary/aromatic N) is 6. The maximum absolute atomic E-state index is 12.9. The Bertz CT molecular complexity index is 929. The van der Waals surface area contributed by atoms with Gasteiger partial charge < -0.3 is 14.2 Å². The first kappa shape index (κ1) is 19.4. The van der Waals surface area contributed by atoms with Crippen molar-refractivity contribution < 1.29 is 17.9 Å². The smallest absolute Gasteiger partial charge is 0.262 e. The zero-order valence-electron chi connectivity index (χ0n) is 15.9. The summed E-state index contributed by atoms with van der Waals surface area (Å²) in [6, 6.07) is 0. The quantitative estimate of drug-likeness (QED) is 0.721. The second kappa shape index (κ2) is 7.31. The van der Waals surface area contributed by atoms with Crippen LogP contribution >= 0.6 is 0 Å². The van der Waals surface area contributed by atoms with Crippen molar-refractivity contribution in [1.29, 1.82) is 0 Å². The first-order valence-corrected chi connectivity index (χ1v) is 10.0. The lowest BCUT2D eigenvalue weighted by molar-refractivity contribution is 0.0761. The Kier molecular flexibility index (Phi) is 5.24. The van der Waals surface area contributed by atoms with E-state index in [2.05, 4.69) is 10.1 Å². The molecule has 1 saturated heterocycles. The van der Waals surface area contributed by atoms with Gasteiger partial charge in [0.05, 0.1) is 7.11 Å². The van der Waals surface area contributed by atoms with Crippen LogP contribution in [0.15, 0.2) is 17.4 Å². The fourth-order valence-corrected chi connectivity index (χ4v) is 4.55. The van der Waals surface area contributed by atoms with Gasteiger partial charge in [-0.1, -0.05) is 0 Å². The van der Waals surface area contributed by atoms with E-state index in [-0.39, 0.29) is 23.4 Å². The molecule has 0 N–H and O–H groups in total. The number of aryl methyl sites for hydroxylation is 3. The molecule has 0 aliphatic carbocycles. The summed E-state index contributed by atoms with van der Waals surface area (Å²) in [4.78, 5) is 18.6. The molecule has 11 heteroatoms. The molecule has 1 fully saturated rings. The van der Waals surface area contributed by atoms with Crippen molar-refractivity contribution in [3.05, 3.63) is 23.8 Å². The van der Waals surface area contributed by atoms with E-state index >= 15 is 0 Å². The zero-order chi connectivity index (χ0) is 19.8. The topological polar surface area (TPSA) is 103 Å². The van der Waals surface area contributed by atoms with Crippen LogP contribution < -0.4 is 4.74 Å². The predicted molar refractivity (Wildman–Crippen MR) is 97.0 cm³/mol. The highest BCUT2D eigenvalue weighted by Gasteiger charge is 2.31. The highest BCUT2D eigenvalue weighted by atomic mass is 32.2. The fourth-order valence-electron chi connectivity index (χ4n) is 3.06. The van der Waals surface area contributed by atoms with Crippen molar-refractivity contribution in [3.63, 3.8) is 0 Å². The zero-order valence-corrected chi connectivity index (χ0v) is 16.7. The molecule has 10 nitrogen and oxygen atoms in total. The Balaban J connectivity index is 1.76. The van der Waals surface area contributed by atoms with E-state index in [0.29, 0.717) is 37.4 Å². The molecule has 2 aromatic rings. The van der Waals surface area contributed by atoms with Crippen molar-refractivity contribution >= 4 is 15.9 Å². The number of imidazole rings is 1. The van der Waals surface area contributed by atoms with Gasteiger partial charge in [-0.3, -0.25) is 9.48 Å². The first-order valence-electron chi connectivity index (χ1n) is 8.61. The minimum absolute atomic E-state index is 0.0382. The number of methoxy groups -OCH3 is 1. The molecule has 1 aliphatic rings. The average molecular weight is 396 g/mol. The van der Waals surface area contributed by atoms with Crippen LogP contribution in [0.25, 0.3) is 0 Å². The summed E-state index contributed by atoms with van der Waals surface area (Å²) in [6.07, 6.45) is 3.66. The summed E-state index contributed by atoms with van der Waals surface area (Å²) in [5.41, 5.74) is 0.372. The average Bonchev–Trinajstić information content (AvgIpc) is 3.06. The number of rotatable bonds is 4. The molecule has 0 aromatic carbocycles. The molecule has 0 atom stereocenters. The minimum atomic E-state index is -3.69.